The van der Waals surface area contributed by atoms with Crippen LogP contribution in [0.25, 0.3) is 0 Å². The predicted octanol–water partition coefficient (Wildman–Crippen LogP) is 3.54. The number of hydrogen-bond acceptors (Lipinski definition) is 5. The van der Waals surface area contributed by atoms with Gasteiger partial charge in [-0.15, -0.1) is 0 Å². The van der Waals surface area contributed by atoms with E-state index < -0.39 is 0 Å². The van der Waals surface area contributed by atoms with E-state index in [4.69, 9.17) is 4.74 Å². The maximum Gasteiger partial charge on any atom is 0.305 e. The van der Waals surface area contributed by atoms with Crippen LogP contribution in [0.15, 0.2) is 0 Å². The Labute approximate surface area is 181 Å². The molecular weight excluding hydrogens is 380 g/mol. The van der Waals surface area contributed by atoms with Crippen molar-refractivity contribution >= 4 is 5.97 Å². The van der Waals surface area contributed by atoms with Crippen LogP contribution < -0.4 is 0 Å². The molecule has 4 saturated carbocycles. The Morgan fingerprint density at radius 2 is 1.80 bits per heavy atom. The Balaban J connectivity index is 1.58. The zero-order valence-electron chi connectivity index (χ0n) is 19.2. The Morgan fingerprint density at radius 3 is 2.50 bits per heavy atom. The summed E-state index contributed by atoms with van der Waals surface area (Å²) in [5.41, 5.74) is -0.0882. The van der Waals surface area contributed by atoms with Crippen molar-refractivity contribution in [2.45, 2.75) is 96.9 Å². The third-order valence-corrected chi connectivity index (χ3v) is 10.6. The molecule has 0 aliphatic heterocycles. The molecule has 0 aromatic carbocycles. The standard InChI is InChI=1S/C25H42O5/c1-14(5-8-22(29)30-4)17-6-7-18-23-19(13-21(28)25(17,18)3)24(2)10-9-16(26)11-15(24)12-20(23)27/h14-21,23,26-28H,5-13H2,1-4H3/t14?,15-,16+,17+,18?,19?,20?,21-,23?,24-,25+/m0/s1. The second-order valence-corrected chi connectivity index (χ2v) is 11.6. The highest BCUT2D eigenvalue weighted by Crippen LogP contribution is 2.68. The number of esters is 1. The Hall–Kier alpha value is -0.650. The molecule has 0 radical (unpaired) electrons. The van der Waals surface area contributed by atoms with Gasteiger partial charge in [-0.2, -0.15) is 0 Å². The van der Waals surface area contributed by atoms with Crippen molar-refractivity contribution in [2.24, 2.45) is 46.3 Å². The summed E-state index contributed by atoms with van der Waals surface area (Å²) in [5, 5.41) is 33.1. The number of rotatable bonds is 4. The number of aliphatic hydroxyl groups is 3. The first-order valence-electron chi connectivity index (χ1n) is 12.2. The number of hydrogen-bond donors (Lipinski definition) is 3. The van der Waals surface area contributed by atoms with Gasteiger partial charge in [0.25, 0.3) is 0 Å². The molecule has 3 N–H and O–H groups in total. The third-order valence-electron chi connectivity index (χ3n) is 10.6. The third kappa shape index (κ3) is 3.34. The summed E-state index contributed by atoms with van der Waals surface area (Å²) in [4.78, 5) is 11.7. The fourth-order valence-corrected chi connectivity index (χ4v) is 8.78. The van der Waals surface area contributed by atoms with E-state index in [9.17, 15) is 20.1 Å². The van der Waals surface area contributed by atoms with E-state index in [1.54, 1.807) is 0 Å². The predicted molar refractivity (Wildman–Crippen MR) is 114 cm³/mol. The molecule has 5 unspecified atom stereocenters. The van der Waals surface area contributed by atoms with Gasteiger partial charge in [-0.05, 0) is 97.7 Å². The average molecular weight is 423 g/mol. The molecule has 0 spiro atoms. The SMILES string of the molecule is COC(=O)CCC(C)[C@H]1CCC2C3C(O)C[C@@H]4C[C@H](O)CC[C@]4(C)C3C[C@H](O)[C@@]21C. The van der Waals surface area contributed by atoms with Crippen molar-refractivity contribution in [1.29, 1.82) is 0 Å². The molecule has 5 nitrogen and oxygen atoms in total. The number of carbonyl (C=O) groups excluding carboxylic acids is 1. The molecule has 0 aromatic rings. The zero-order valence-corrected chi connectivity index (χ0v) is 19.2. The number of ether oxygens (including phenoxy) is 1. The van der Waals surface area contributed by atoms with Gasteiger partial charge in [-0.3, -0.25) is 4.79 Å². The number of aliphatic hydroxyl groups excluding tert-OH is 3. The molecule has 5 heteroatoms. The molecule has 0 bridgehead atoms. The van der Waals surface area contributed by atoms with Crippen LogP contribution in [0.2, 0.25) is 0 Å². The second kappa shape index (κ2) is 8.04. The molecule has 0 saturated heterocycles. The van der Waals surface area contributed by atoms with Crippen molar-refractivity contribution in [1.82, 2.24) is 0 Å². The number of methoxy groups -OCH3 is 1. The van der Waals surface area contributed by atoms with E-state index in [1.807, 2.05) is 0 Å². The van der Waals surface area contributed by atoms with E-state index in [1.165, 1.54) is 7.11 Å². The molecule has 30 heavy (non-hydrogen) atoms. The van der Waals surface area contributed by atoms with Crippen LogP contribution in [-0.2, 0) is 9.53 Å². The van der Waals surface area contributed by atoms with Gasteiger partial charge in [0.2, 0.25) is 0 Å². The van der Waals surface area contributed by atoms with Gasteiger partial charge < -0.3 is 20.1 Å². The van der Waals surface area contributed by atoms with Crippen molar-refractivity contribution < 1.29 is 24.9 Å². The minimum atomic E-state index is -0.369. The summed E-state index contributed by atoms with van der Waals surface area (Å²) in [6.07, 6.45) is 6.60. The fourth-order valence-electron chi connectivity index (χ4n) is 8.78. The average Bonchev–Trinajstić information content (AvgIpc) is 3.06. The minimum absolute atomic E-state index is 0.111. The maximum atomic E-state index is 11.7. The minimum Gasteiger partial charge on any atom is -0.469 e. The largest absolute Gasteiger partial charge is 0.469 e. The topological polar surface area (TPSA) is 87.0 Å². The lowest BCUT2D eigenvalue weighted by molar-refractivity contribution is -0.207. The highest BCUT2D eigenvalue weighted by atomic mass is 16.5. The summed E-state index contributed by atoms with van der Waals surface area (Å²) in [7, 11) is 1.44. The summed E-state index contributed by atoms with van der Waals surface area (Å²) < 4.78 is 4.83. The summed E-state index contributed by atoms with van der Waals surface area (Å²) in [6, 6.07) is 0. The lowest BCUT2D eigenvalue weighted by Gasteiger charge is -2.63. The van der Waals surface area contributed by atoms with Gasteiger partial charge in [0.1, 0.15) is 0 Å². The van der Waals surface area contributed by atoms with Crippen molar-refractivity contribution in [3.05, 3.63) is 0 Å². The normalized spacial score (nSPS) is 51.4. The zero-order chi connectivity index (χ0) is 21.8. The highest BCUT2D eigenvalue weighted by Gasteiger charge is 2.65. The molecule has 4 aliphatic carbocycles. The fraction of sp³-hybridized carbons (Fsp3) is 0.960. The van der Waals surface area contributed by atoms with Crippen molar-refractivity contribution in [3.8, 4) is 0 Å². The Morgan fingerprint density at radius 1 is 1.07 bits per heavy atom. The van der Waals surface area contributed by atoms with Crippen LogP contribution in [-0.4, -0.2) is 46.7 Å². The Bertz CT molecular complexity index is 651. The van der Waals surface area contributed by atoms with E-state index >= 15 is 0 Å². The van der Waals surface area contributed by atoms with E-state index in [-0.39, 0.29) is 41.0 Å². The first-order valence-corrected chi connectivity index (χ1v) is 12.2. The molecule has 0 amide bonds. The maximum absolute atomic E-state index is 11.7. The van der Waals surface area contributed by atoms with Crippen LogP contribution in [0.3, 0.4) is 0 Å². The van der Waals surface area contributed by atoms with E-state index in [0.29, 0.717) is 36.0 Å². The number of carbonyl (C=O) groups is 1. The van der Waals surface area contributed by atoms with Crippen LogP contribution in [0.1, 0.15) is 78.6 Å². The number of fused-ring (bicyclic) bond motifs is 5. The summed E-state index contributed by atoms with van der Waals surface area (Å²) in [5.74, 6) is 1.81. The van der Waals surface area contributed by atoms with Gasteiger partial charge in [-0.1, -0.05) is 20.8 Å². The molecule has 4 aliphatic rings. The quantitative estimate of drug-likeness (QED) is 0.603. The summed E-state index contributed by atoms with van der Waals surface area (Å²) in [6.45, 7) is 6.85. The lowest BCUT2D eigenvalue weighted by atomic mass is 9.43. The molecular formula is C25H42O5. The van der Waals surface area contributed by atoms with E-state index in [0.717, 1.165) is 51.4 Å². The second-order valence-electron chi connectivity index (χ2n) is 11.6. The molecule has 172 valence electrons. The highest BCUT2D eigenvalue weighted by molar-refractivity contribution is 5.69. The van der Waals surface area contributed by atoms with Crippen LogP contribution >= 0.6 is 0 Å². The van der Waals surface area contributed by atoms with Crippen LogP contribution in [0.5, 0.6) is 0 Å². The first kappa shape index (κ1) is 22.5. The first-order chi connectivity index (χ1) is 14.1. The lowest BCUT2D eigenvalue weighted by Crippen LogP contribution is -2.62. The van der Waals surface area contributed by atoms with Crippen molar-refractivity contribution in [2.75, 3.05) is 7.11 Å². The molecule has 0 heterocycles. The monoisotopic (exact) mass is 422 g/mol. The van der Waals surface area contributed by atoms with Gasteiger partial charge in [0, 0.05) is 6.42 Å². The van der Waals surface area contributed by atoms with Gasteiger partial charge in [0.05, 0.1) is 25.4 Å². The van der Waals surface area contributed by atoms with E-state index in [2.05, 4.69) is 20.8 Å². The van der Waals surface area contributed by atoms with Gasteiger partial charge >= 0.3 is 5.97 Å². The summed E-state index contributed by atoms with van der Waals surface area (Å²) >= 11 is 0. The van der Waals surface area contributed by atoms with Crippen LogP contribution in [0, 0.1) is 46.3 Å². The smallest absolute Gasteiger partial charge is 0.305 e. The van der Waals surface area contributed by atoms with Crippen molar-refractivity contribution in [3.63, 3.8) is 0 Å². The van der Waals surface area contributed by atoms with Gasteiger partial charge in [-0.25, -0.2) is 0 Å². The molecule has 4 rings (SSSR count). The molecule has 11 atom stereocenters. The van der Waals surface area contributed by atoms with Gasteiger partial charge in [0.15, 0.2) is 0 Å². The van der Waals surface area contributed by atoms with Crippen LogP contribution in [0.4, 0.5) is 0 Å². The Kier molecular flexibility index (Phi) is 6.04. The molecule has 0 aromatic heterocycles. The molecule has 4 fully saturated rings.